The van der Waals surface area contributed by atoms with Crippen LogP contribution in [0.4, 0.5) is 5.95 Å². The van der Waals surface area contributed by atoms with Crippen molar-refractivity contribution in [3.8, 4) is 5.88 Å². The number of anilines is 1. The van der Waals surface area contributed by atoms with E-state index in [0.717, 1.165) is 37.1 Å². The number of ether oxygens (including phenoxy) is 1. The lowest BCUT2D eigenvalue weighted by atomic mass is 10.2. The molecule has 1 aliphatic heterocycles. The SMILES string of the molecule is OCC(O)C(O)COc1nc(N2CCNCC2)nc2ccccc12. The molecule has 0 aliphatic carbocycles. The maximum atomic E-state index is 9.77. The van der Waals surface area contributed by atoms with Gasteiger partial charge >= 0.3 is 0 Å². The van der Waals surface area contributed by atoms with Crippen molar-refractivity contribution in [1.29, 1.82) is 0 Å². The van der Waals surface area contributed by atoms with Gasteiger partial charge in [0.2, 0.25) is 11.8 Å². The number of nitrogens with zero attached hydrogens (tertiary/aromatic N) is 3. The molecule has 24 heavy (non-hydrogen) atoms. The highest BCUT2D eigenvalue weighted by atomic mass is 16.5. The lowest BCUT2D eigenvalue weighted by Crippen LogP contribution is -2.44. The first kappa shape index (κ1) is 16.8. The Balaban J connectivity index is 1.86. The minimum atomic E-state index is -1.24. The number of nitrogens with one attached hydrogen (secondary N) is 1. The van der Waals surface area contributed by atoms with E-state index in [9.17, 15) is 10.2 Å². The molecule has 130 valence electrons. The summed E-state index contributed by atoms with van der Waals surface area (Å²) in [5, 5.41) is 32.1. The smallest absolute Gasteiger partial charge is 0.229 e. The number of piperazine rings is 1. The van der Waals surface area contributed by atoms with Gasteiger partial charge in [0.15, 0.2) is 0 Å². The second kappa shape index (κ2) is 7.71. The Labute approximate surface area is 139 Å². The fourth-order valence-electron chi connectivity index (χ4n) is 2.55. The molecule has 8 heteroatoms. The monoisotopic (exact) mass is 334 g/mol. The molecule has 1 saturated heterocycles. The average molecular weight is 334 g/mol. The minimum absolute atomic E-state index is 0.163. The quantitative estimate of drug-likeness (QED) is 0.540. The first-order valence-corrected chi connectivity index (χ1v) is 8.01. The molecule has 2 unspecified atom stereocenters. The summed E-state index contributed by atoms with van der Waals surface area (Å²) in [7, 11) is 0. The Bertz CT molecular complexity index is 678. The zero-order valence-corrected chi connectivity index (χ0v) is 13.3. The molecule has 0 radical (unpaired) electrons. The van der Waals surface area contributed by atoms with Gasteiger partial charge < -0.3 is 30.3 Å². The van der Waals surface area contributed by atoms with Crippen LogP contribution in [0, 0.1) is 0 Å². The van der Waals surface area contributed by atoms with Crippen LogP contribution in [-0.4, -0.2) is 76.9 Å². The van der Waals surface area contributed by atoms with Gasteiger partial charge in [0.25, 0.3) is 0 Å². The highest BCUT2D eigenvalue weighted by Gasteiger charge is 2.19. The summed E-state index contributed by atoms with van der Waals surface area (Å²) in [5.41, 5.74) is 0.758. The molecule has 2 atom stereocenters. The van der Waals surface area contributed by atoms with Gasteiger partial charge in [0.05, 0.1) is 17.5 Å². The summed E-state index contributed by atoms with van der Waals surface area (Å²) in [6.07, 6.45) is -2.43. The fourth-order valence-corrected chi connectivity index (χ4v) is 2.55. The van der Waals surface area contributed by atoms with Gasteiger partial charge in [-0.05, 0) is 12.1 Å². The predicted octanol–water partition coefficient (Wildman–Crippen LogP) is -0.868. The van der Waals surface area contributed by atoms with Crippen LogP contribution in [-0.2, 0) is 0 Å². The third kappa shape index (κ3) is 3.73. The maximum Gasteiger partial charge on any atom is 0.229 e. The molecule has 2 aromatic rings. The Hall–Kier alpha value is -2.00. The van der Waals surface area contributed by atoms with Crippen LogP contribution >= 0.6 is 0 Å². The zero-order chi connectivity index (χ0) is 16.9. The summed E-state index contributed by atoms with van der Waals surface area (Å²) >= 11 is 0. The Morgan fingerprint density at radius 1 is 1.12 bits per heavy atom. The molecular formula is C16H22N4O4. The molecule has 3 rings (SSSR count). The van der Waals surface area contributed by atoms with Crippen LogP contribution in [0.25, 0.3) is 10.9 Å². The maximum absolute atomic E-state index is 9.77. The number of aromatic nitrogens is 2. The van der Waals surface area contributed by atoms with E-state index in [1.54, 1.807) is 0 Å². The normalized spacial score (nSPS) is 17.7. The van der Waals surface area contributed by atoms with Gasteiger partial charge in [-0.3, -0.25) is 0 Å². The van der Waals surface area contributed by atoms with Crippen molar-refractivity contribution >= 4 is 16.9 Å². The fraction of sp³-hybridized carbons (Fsp3) is 0.500. The van der Waals surface area contributed by atoms with Crippen molar-refractivity contribution < 1.29 is 20.1 Å². The second-order valence-electron chi connectivity index (χ2n) is 5.71. The van der Waals surface area contributed by atoms with Crippen LogP contribution in [0.2, 0.25) is 0 Å². The van der Waals surface area contributed by atoms with Crippen LogP contribution in [0.5, 0.6) is 5.88 Å². The predicted molar refractivity (Wildman–Crippen MR) is 89.2 cm³/mol. The van der Waals surface area contributed by atoms with Crippen molar-refractivity contribution in [3.63, 3.8) is 0 Å². The molecule has 0 spiro atoms. The molecule has 8 nitrogen and oxygen atoms in total. The van der Waals surface area contributed by atoms with Crippen LogP contribution in [0.3, 0.4) is 0 Å². The standard InChI is InChI=1S/C16H22N4O4/c21-9-13(22)14(23)10-24-15-11-3-1-2-4-12(11)18-16(19-15)20-7-5-17-6-8-20/h1-4,13-14,17,21-23H,5-10H2. The van der Waals surface area contributed by atoms with Gasteiger partial charge in [-0.15, -0.1) is 0 Å². The van der Waals surface area contributed by atoms with Gasteiger partial charge in [-0.2, -0.15) is 4.98 Å². The summed E-state index contributed by atoms with van der Waals surface area (Å²) in [5.74, 6) is 0.945. The van der Waals surface area contributed by atoms with Crippen molar-refractivity contribution in [2.24, 2.45) is 0 Å². The van der Waals surface area contributed by atoms with Crippen LogP contribution in [0.1, 0.15) is 0 Å². The largest absolute Gasteiger partial charge is 0.474 e. The lowest BCUT2D eigenvalue weighted by Gasteiger charge is -2.28. The Kier molecular flexibility index (Phi) is 5.41. The van der Waals surface area contributed by atoms with Gasteiger partial charge in [-0.1, -0.05) is 12.1 Å². The van der Waals surface area contributed by atoms with E-state index < -0.39 is 18.8 Å². The van der Waals surface area contributed by atoms with Crippen LogP contribution in [0.15, 0.2) is 24.3 Å². The molecule has 1 aliphatic rings. The summed E-state index contributed by atoms with van der Waals surface area (Å²) in [6, 6.07) is 7.49. The van der Waals surface area contributed by atoms with E-state index in [1.165, 1.54) is 0 Å². The topological polar surface area (TPSA) is 111 Å². The van der Waals surface area contributed by atoms with Gasteiger partial charge in [0, 0.05) is 26.2 Å². The minimum Gasteiger partial charge on any atom is -0.474 e. The summed E-state index contributed by atoms with van der Waals surface area (Å²) < 4.78 is 5.62. The van der Waals surface area contributed by atoms with E-state index in [1.807, 2.05) is 24.3 Å². The zero-order valence-electron chi connectivity index (χ0n) is 13.3. The highest BCUT2D eigenvalue weighted by molar-refractivity contribution is 5.84. The first-order valence-electron chi connectivity index (χ1n) is 8.01. The number of rotatable bonds is 6. The molecule has 1 aromatic heterocycles. The Morgan fingerprint density at radius 2 is 1.88 bits per heavy atom. The summed E-state index contributed by atoms with van der Waals surface area (Å²) in [4.78, 5) is 11.2. The molecule has 2 heterocycles. The number of benzene rings is 1. The lowest BCUT2D eigenvalue weighted by molar-refractivity contribution is -0.0343. The Morgan fingerprint density at radius 3 is 2.62 bits per heavy atom. The van der Waals surface area contributed by atoms with E-state index in [-0.39, 0.29) is 6.61 Å². The third-order valence-electron chi connectivity index (χ3n) is 3.98. The summed E-state index contributed by atoms with van der Waals surface area (Å²) in [6.45, 7) is 2.67. The van der Waals surface area contributed by atoms with Gasteiger partial charge in [0.1, 0.15) is 18.8 Å². The van der Waals surface area contributed by atoms with Crippen molar-refractivity contribution in [3.05, 3.63) is 24.3 Å². The van der Waals surface area contributed by atoms with Crippen molar-refractivity contribution in [1.82, 2.24) is 15.3 Å². The number of aliphatic hydroxyl groups is 3. The molecular weight excluding hydrogens is 312 g/mol. The molecule has 4 N–H and O–H groups in total. The second-order valence-corrected chi connectivity index (χ2v) is 5.71. The van der Waals surface area contributed by atoms with E-state index in [2.05, 4.69) is 20.2 Å². The third-order valence-corrected chi connectivity index (χ3v) is 3.98. The average Bonchev–Trinajstić information content (AvgIpc) is 2.65. The molecule has 1 fully saturated rings. The van der Waals surface area contributed by atoms with Crippen molar-refractivity contribution in [2.45, 2.75) is 12.2 Å². The molecule has 0 saturated carbocycles. The number of hydrogen-bond acceptors (Lipinski definition) is 8. The number of aliphatic hydroxyl groups excluding tert-OH is 3. The number of fused-ring (bicyclic) bond motifs is 1. The number of hydrogen-bond donors (Lipinski definition) is 4. The van der Waals surface area contributed by atoms with E-state index in [4.69, 9.17) is 9.84 Å². The molecule has 0 amide bonds. The first-order chi connectivity index (χ1) is 11.7. The van der Waals surface area contributed by atoms with E-state index >= 15 is 0 Å². The van der Waals surface area contributed by atoms with E-state index in [0.29, 0.717) is 11.8 Å². The van der Waals surface area contributed by atoms with Crippen LogP contribution < -0.4 is 15.0 Å². The number of para-hydroxylation sites is 1. The molecule has 0 bridgehead atoms. The molecule has 1 aromatic carbocycles. The highest BCUT2D eigenvalue weighted by Crippen LogP contribution is 2.25. The van der Waals surface area contributed by atoms with Crippen molar-refractivity contribution in [2.75, 3.05) is 44.3 Å². The van der Waals surface area contributed by atoms with Gasteiger partial charge in [-0.25, -0.2) is 4.98 Å².